The van der Waals surface area contributed by atoms with Gasteiger partial charge >= 0.3 is 17.7 Å². The van der Waals surface area contributed by atoms with E-state index in [-0.39, 0.29) is 18.3 Å². The number of carbonyl (C=O) groups is 2. The molecule has 2 rings (SSSR count). The number of hydrogen-bond donors (Lipinski definition) is 4. The van der Waals surface area contributed by atoms with Gasteiger partial charge in [-0.15, -0.1) is 0 Å². The maximum absolute atomic E-state index is 12.2. The molecule has 0 spiro atoms. The van der Waals surface area contributed by atoms with Gasteiger partial charge in [0.05, 0.1) is 4.91 Å². The van der Waals surface area contributed by atoms with E-state index in [0.29, 0.717) is 16.4 Å². The van der Waals surface area contributed by atoms with E-state index in [4.69, 9.17) is 9.57 Å². The molecule has 184 valence electrons. The van der Waals surface area contributed by atoms with Gasteiger partial charge in [0.1, 0.15) is 16.5 Å². The monoisotopic (exact) mass is 484 g/mol. The third kappa shape index (κ3) is 8.06. The molecule has 1 fully saturated rings. The van der Waals surface area contributed by atoms with Crippen LogP contribution in [0.15, 0.2) is 23.1 Å². The molecule has 0 radical (unpaired) electrons. The molecule has 12 heteroatoms. The van der Waals surface area contributed by atoms with Gasteiger partial charge in [-0.2, -0.15) is 0 Å². The fourth-order valence-electron chi connectivity index (χ4n) is 3.43. The Balaban J connectivity index is 2.18. The number of rotatable bonds is 11. The number of likely N-dealkylation sites (N-methyl/N-ethyl adjacent to an activating group) is 1. The van der Waals surface area contributed by atoms with Crippen molar-refractivity contribution in [2.45, 2.75) is 56.2 Å². The summed E-state index contributed by atoms with van der Waals surface area (Å²) >= 11 is 1.06. The lowest BCUT2D eigenvalue weighted by Gasteiger charge is -2.28. The molecule has 1 aromatic rings. The van der Waals surface area contributed by atoms with Gasteiger partial charge < -0.3 is 25.4 Å². The van der Waals surface area contributed by atoms with E-state index in [1.165, 1.54) is 7.11 Å². The van der Waals surface area contributed by atoms with E-state index in [0.717, 1.165) is 37.0 Å². The zero-order valence-corrected chi connectivity index (χ0v) is 20.5. The van der Waals surface area contributed by atoms with Crippen molar-refractivity contribution in [3.63, 3.8) is 0 Å². The van der Waals surface area contributed by atoms with E-state index >= 15 is 0 Å². The lowest BCUT2D eigenvalue weighted by Crippen LogP contribution is -2.42. The minimum absolute atomic E-state index is 0.0658. The maximum Gasteiger partial charge on any atom is 0.407 e. The number of carboxylic acids is 1. The first-order chi connectivity index (χ1) is 15.6. The number of amides is 1. The van der Waals surface area contributed by atoms with Crippen LogP contribution in [-0.2, 0) is 14.4 Å². The summed E-state index contributed by atoms with van der Waals surface area (Å²) in [5.41, 5.74) is 0.553. The molecular weight excluding hydrogens is 450 g/mol. The predicted molar refractivity (Wildman–Crippen MR) is 126 cm³/mol. The van der Waals surface area contributed by atoms with Crippen LogP contribution in [0, 0.1) is 4.91 Å². The molecule has 0 unspecified atom stereocenters. The first-order valence-electron chi connectivity index (χ1n) is 10.7. The number of hydrogen-bond acceptors (Lipinski definition) is 9. The van der Waals surface area contributed by atoms with Crippen molar-refractivity contribution < 1.29 is 29.2 Å². The summed E-state index contributed by atoms with van der Waals surface area (Å²) in [6, 6.07) is 4.49. The van der Waals surface area contributed by atoms with Gasteiger partial charge in [-0.05, 0) is 64.7 Å². The van der Waals surface area contributed by atoms with E-state index in [1.54, 1.807) is 13.1 Å². The highest BCUT2D eigenvalue weighted by molar-refractivity contribution is 7.97. The van der Waals surface area contributed by atoms with Crippen LogP contribution in [0.25, 0.3) is 0 Å². The minimum atomic E-state index is -1.01. The fourth-order valence-corrected chi connectivity index (χ4v) is 4.31. The second-order valence-corrected chi connectivity index (χ2v) is 9.51. The highest BCUT2D eigenvalue weighted by Crippen LogP contribution is 2.34. The number of anilines is 1. The largest absolute Gasteiger partial charge is 0.480 e. The summed E-state index contributed by atoms with van der Waals surface area (Å²) in [6.07, 6.45) is 1.39. The molecule has 1 amide bonds. The van der Waals surface area contributed by atoms with E-state index in [9.17, 15) is 19.6 Å². The topological polar surface area (TPSA) is 132 Å². The minimum Gasteiger partial charge on any atom is -0.480 e. The number of carboxylic acid groups (broad SMARTS) is 1. The predicted octanol–water partition coefficient (Wildman–Crippen LogP) is 2.42. The standard InChI is InChI=1S/C21H33N5O6S/c1-21(2,3)32-20(29)23-12-15-7-6-10-25(15)14-8-9-17(26(30)31-5)18(11-14)33-24-16(13-22-4)19(27)28/h8-9,11,15-16,22,24H,6-7,10,12-13H2,1-5H3,(H-,23,27,28,29)/p+1/t15-,16-/m0/s1. The Hall–Kier alpha value is -2.57. The van der Waals surface area contributed by atoms with Crippen LogP contribution in [0.3, 0.4) is 0 Å². The second kappa shape index (κ2) is 12.1. The van der Waals surface area contributed by atoms with E-state index < -0.39 is 23.7 Å². The number of benzene rings is 1. The average Bonchev–Trinajstić information content (AvgIpc) is 3.21. The first-order valence-corrected chi connectivity index (χ1v) is 11.6. The summed E-state index contributed by atoms with van der Waals surface area (Å²) in [5.74, 6) is -1.01. The van der Waals surface area contributed by atoms with Crippen LogP contribution in [0.4, 0.5) is 16.2 Å². The molecule has 1 aromatic carbocycles. The number of nitrogens with zero attached hydrogens (tertiary/aromatic N) is 2. The van der Waals surface area contributed by atoms with E-state index in [2.05, 4.69) is 20.3 Å². The molecule has 0 aliphatic carbocycles. The van der Waals surface area contributed by atoms with Gasteiger partial charge in [0, 0.05) is 37.4 Å². The Morgan fingerprint density at radius 1 is 1.36 bits per heavy atom. The van der Waals surface area contributed by atoms with Gasteiger partial charge in [-0.3, -0.25) is 4.79 Å². The molecule has 0 aromatic heterocycles. The molecule has 0 saturated carbocycles. The smallest absolute Gasteiger partial charge is 0.407 e. The molecule has 1 heterocycles. The average molecular weight is 485 g/mol. The third-order valence-corrected chi connectivity index (χ3v) is 5.86. The summed E-state index contributed by atoms with van der Waals surface area (Å²) in [7, 11) is 2.93. The van der Waals surface area contributed by atoms with Gasteiger partial charge in [0.15, 0.2) is 7.11 Å². The normalized spacial score (nSPS) is 16.9. The third-order valence-electron chi connectivity index (χ3n) is 4.91. The number of ether oxygens (including phenoxy) is 1. The van der Waals surface area contributed by atoms with Gasteiger partial charge in [0.2, 0.25) is 0 Å². The second-order valence-electron chi connectivity index (χ2n) is 8.63. The van der Waals surface area contributed by atoms with Crippen molar-refractivity contribution in [2.75, 3.05) is 38.7 Å². The zero-order chi connectivity index (χ0) is 24.6. The van der Waals surface area contributed by atoms with Crippen LogP contribution in [-0.4, -0.2) is 73.6 Å². The van der Waals surface area contributed by atoms with Gasteiger partial charge in [0.25, 0.3) is 4.92 Å². The molecule has 1 saturated heterocycles. The summed E-state index contributed by atoms with van der Waals surface area (Å²) < 4.78 is 8.21. The molecule has 1 aliphatic heterocycles. The van der Waals surface area contributed by atoms with Crippen LogP contribution in [0.1, 0.15) is 33.6 Å². The zero-order valence-electron chi connectivity index (χ0n) is 19.7. The van der Waals surface area contributed by atoms with E-state index in [1.807, 2.05) is 32.9 Å². The van der Waals surface area contributed by atoms with Crippen molar-refractivity contribution >= 4 is 35.4 Å². The fraction of sp³-hybridized carbons (Fsp3) is 0.619. The number of nitrogens with one attached hydrogen (secondary N) is 3. The summed E-state index contributed by atoms with van der Waals surface area (Å²) in [5, 5.41) is 15.0. The molecular formula is C21H34N5O6S+. The van der Waals surface area contributed by atoms with Crippen molar-refractivity contribution in [3.8, 4) is 0 Å². The lowest BCUT2D eigenvalue weighted by atomic mass is 10.2. The van der Waals surface area contributed by atoms with Crippen molar-refractivity contribution in [1.82, 2.24) is 15.4 Å². The highest BCUT2D eigenvalue weighted by atomic mass is 32.2. The van der Waals surface area contributed by atoms with Crippen molar-refractivity contribution in [1.29, 1.82) is 0 Å². The van der Waals surface area contributed by atoms with Crippen molar-refractivity contribution in [2.24, 2.45) is 0 Å². The Kier molecular flexibility index (Phi) is 9.74. The lowest BCUT2D eigenvalue weighted by molar-refractivity contribution is -0.738. The molecule has 0 bridgehead atoms. The number of alkyl carbamates (subject to hydrolysis) is 1. The quantitative estimate of drug-likeness (QED) is 0.274. The van der Waals surface area contributed by atoms with Gasteiger partial charge in [-0.1, -0.05) is 0 Å². The first kappa shape index (κ1) is 26.7. The molecule has 33 heavy (non-hydrogen) atoms. The van der Waals surface area contributed by atoms with Crippen molar-refractivity contribution in [3.05, 3.63) is 23.1 Å². The molecule has 4 N–H and O–H groups in total. The van der Waals surface area contributed by atoms with Crippen LogP contribution in [0.5, 0.6) is 0 Å². The van der Waals surface area contributed by atoms with Crippen LogP contribution in [0.2, 0.25) is 0 Å². The highest BCUT2D eigenvalue weighted by Gasteiger charge is 2.29. The molecule has 1 aliphatic rings. The molecule has 11 nitrogen and oxygen atoms in total. The summed E-state index contributed by atoms with van der Waals surface area (Å²) in [4.78, 5) is 43.6. The summed E-state index contributed by atoms with van der Waals surface area (Å²) in [6.45, 7) is 6.87. The Morgan fingerprint density at radius 2 is 2.09 bits per heavy atom. The Bertz CT molecular complexity index is 847. The number of aliphatic carboxylic acids is 1. The number of carbonyl (C=O) groups excluding carboxylic acids is 1. The Morgan fingerprint density at radius 3 is 2.70 bits per heavy atom. The van der Waals surface area contributed by atoms with Crippen LogP contribution >= 0.6 is 11.9 Å². The van der Waals surface area contributed by atoms with Crippen LogP contribution < -0.4 is 20.3 Å². The maximum atomic E-state index is 12.2. The van der Waals surface area contributed by atoms with Gasteiger partial charge in [-0.25, -0.2) is 14.4 Å². The Labute approximate surface area is 198 Å². The molecule has 2 atom stereocenters. The SMILES string of the molecule is CNC[C@H](NSc1cc(N2CCC[C@H]2CNC(=O)OC(C)(C)C)ccc1[N+](=O)OC)C(=O)O.